The van der Waals surface area contributed by atoms with Crippen LogP contribution in [0.5, 0.6) is 0 Å². The van der Waals surface area contributed by atoms with Crippen molar-refractivity contribution in [1.82, 2.24) is 4.57 Å². The van der Waals surface area contributed by atoms with Crippen molar-refractivity contribution in [2.24, 2.45) is 5.73 Å². The predicted molar refractivity (Wildman–Crippen MR) is 99.8 cm³/mol. The fourth-order valence-corrected chi connectivity index (χ4v) is 3.60. The fourth-order valence-electron chi connectivity index (χ4n) is 3.40. The van der Waals surface area contributed by atoms with Crippen LogP contribution < -0.4 is 5.73 Å². The SMILES string of the molecule is CCc1c(CC)n(Cc2ccccc2Cl)c2cc(C(N)=O)ccc12. The van der Waals surface area contributed by atoms with Gasteiger partial charge in [0.25, 0.3) is 0 Å². The number of primary amides is 1. The summed E-state index contributed by atoms with van der Waals surface area (Å²) in [7, 11) is 0. The molecule has 1 heterocycles. The molecule has 0 aliphatic heterocycles. The lowest BCUT2D eigenvalue weighted by atomic mass is 10.1. The van der Waals surface area contributed by atoms with Crippen LogP contribution in [0.25, 0.3) is 10.9 Å². The van der Waals surface area contributed by atoms with Crippen molar-refractivity contribution in [1.29, 1.82) is 0 Å². The Morgan fingerprint density at radius 1 is 1.12 bits per heavy atom. The van der Waals surface area contributed by atoms with Crippen molar-refractivity contribution >= 4 is 28.4 Å². The largest absolute Gasteiger partial charge is 0.366 e. The van der Waals surface area contributed by atoms with E-state index in [2.05, 4.69) is 18.4 Å². The van der Waals surface area contributed by atoms with Gasteiger partial charge in [0, 0.05) is 33.7 Å². The van der Waals surface area contributed by atoms with E-state index < -0.39 is 5.91 Å². The molecule has 0 spiro atoms. The molecule has 2 aromatic carbocycles. The summed E-state index contributed by atoms with van der Waals surface area (Å²) in [5.74, 6) is -0.404. The third-order valence-electron chi connectivity index (χ3n) is 4.55. The fraction of sp³-hybridized carbons (Fsp3) is 0.250. The van der Waals surface area contributed by atoms with Crippen molar-refractivity contribution in [2.45, 2.75) is 33.2 Å². The second kappa shape index (κ2) is 6.70. The number of hydrogen-bond donors (Lipinski definition) is 1. The molecule has 3 rings (SSSR count). The lowest BCUT2D eigenvalue weighted by Crippen LogP contribution is -2.11. The number of fused-ring (bicyclic) bond motifs is 1. The van der Waals surface area contributed by atoms with Crippen LogP contribution in [0.4, 0.5) is 0 Å². The van der Waals surface area contributed by atoms with E-state index in [1.54, 1.807) is 0 Å². The first-order chi connectivity index (χ1) is 11.6. The Bertz CT molecular complexity index is 911. The maximum atomic E-state index is 11.6. The number of aryl methyl sites for hydroxylation is 1. The third-order valence-corrected chi connectivity index (χ3v) is 4.92. The highest BCUT2D eigenvalue weighted by Crippen LogP contribution is 2.30. The Morgan fingerprint density at radius 3 is 2.50 bits per heavy atom. The smallest absolute Gasteiger partial charge is 0.248 e. The highest BCUT2D eigenvalue weighted by atomic mass is 35.5. The number of nitrogens with zero attached hydrogens (tertiary/aromatic N) is 1. The molecule has 3 nitrogen and oxygen atoms in total. The van der Waals surface area contributed by atoms with Gasteiger partial charge in [0.15, 0.2) is 0 Å². The predicted octanol–water partition coefficient (Wildman–Crippen LogP) is 4.57. The summed E-state index contributed by atoms with van der Waals surface area (Å²) < 4.78 is 2.27. The van der Waals surface area contributed by atoms with Gasteiger partial charge in [-0.15, -0.1) is 0 Å². The van der Waals surface area contributed by atoms with Gasteiger partial charge in [-0.25, -0.2) is 0 Å². The number of carbonyl (C=O) groups is 1. The quantitative estimate of drug-likeness (QED) is 0.726. The molecule has 3 aromatic rings. The number of carbonyl (C=O) groups excluding carboxylic acids is 1. The van der Waals surface area contributed by atoms with Crippen molar-refractivity contribution in [2.75, 3.05) is 0 Å². The Balaban J connectivity index is 2.25. The van der Waals surface area contributed by atoms with Crippen molar-refractivity contribution in [3.05, 3.63) is 69.9 Å². The number of benzene rings is 2. The second-order valence-electron chi connectivity index (χ2n) is 5.91. The van der Waals surface area contributed by atoms with Gasteiger partial charge in [0.1, 0.15) is 0 Å². The molecule has 1 aromatic heterocycles. The number of halogens is 1. The van der Waals surface area contributed by atoms with Crippen LogP contribution in [0, 0.1) is 0 Å². The Hall–Kier alpha value is -2.26. The second-order valence-corrected chi connectivity index (χ2v) is 6.31. The van der Waals surface area contributed by atoms with Gasteiger partial charge in [0.05, 0.1) is 0 Å². The van der Waals surface area contributed by atoms with E-state index in [4.69, 9.17) is 17.3 Å². The van der Waals surface area contributed by atoms with Crippen LogP contribution in [0.15, 0.2) is 42.5 Å². The molecule has 2 N–H and O–H groups in total. The number of rotatable bonds is 5. The minimum absolute atomic E-state index is 0.404. The maximum absolute atomic E-state index is 11.6. The lowest BCUT2D eigenvalue weighted by Gasteiger charge is -2.12. The molecule has 0 aliphatic carbocycles. The average Bonchev–Trinajstić information content (AvgIpc) is 2.88. The average molecular weight is 341 g/mol. The molecule has 124 valence electrons. The number of aromatic nitrogens is 1. The Morgan fingerprint density at radius 2 is 1.88 bits per heavy atom. The minimum Gasteiger partial charge on any atom is -0.366 e. The van der Waals surface area contributed by atoms with Gasteiger partial charge >= 0.3 is 0 Å². The monoisotopic (exact) mass is 340 g/mol. The standard InChI is InChI=1S/C20H21ClN2O/c1-3-15-16-10-9-13(20(22)24)11-19(16)23(18(15)4-2)12-14-7-5-6-8-17(14)21/h5-11H,3-4,12H2,1-2H3,(H2,22,24). The number of amides is 1. The van der Waals surface area contributed by atoms with E-state index in [9.17, 15) is 4.79 Å². The van der Waals surface area contributed by atoms with Crippen LogP contribution in [-0.2, 0) is 19.4 Å². The molecule has 0 fully saturated rings. The summed E-state index contributed by atoms with van der Waals surface area (Å²) >= 11 is 6.36. The van der Waals surface area contributed by atoms with E-state index in [0.29, 0.717) is 12.1 Å². The first-order valence-electron chi connectivity index (χ1n) is 8.24. The topological polar surface area (TPSA) is 48.0 Å². The summed E-state index contributed by atoms with van der Waals surface area (Å²) in [6.07, 6.45) is 1.87. The zero-order valence-corrected chi connectivity index (χ0v) is 14.7. The van der Waals surface area contributed by atoms with E-state index >= 15 is 0 Å². The first-order valence-corrected chi connectivity index (χ1v) is 8.61. The van der Waals surface area contributed by atoms with Gasteiger partial charge in [-0.1, -0.05) is 49.7 Å². The van der Waals surface area contributed by atoms with E-state index in [-0.39, 0.29) is 0 Å². The molecule has 1 amide bonds. The van der Waals surface area contributed by atoms with Gasteiger partial charge in [0.2, 0.25) is 5.91 Å². The highest BCUT2D eigenvalue weighted by molar-refractivity contribution is 6.31. The minimum atomic E-state index is -0.404. The van der Waals surface area contributed by atoms with E-state index in [0.717, 1.165) is 28.9 Å². The number of nitrogens with two attached hydrogens (primary N) is 1. The molecule has 4 heteroatoms. The summed E-state index contributed by atoms with van der Waals surface area (Å²) in [5, 5.41) is 1.94. The highest BCUT2D eigenvalue weighted by Gasteiger charge is 2.17. The Labute approximate surface area is 147 Å². The van der Waals surface area contributed by atoms with Crippen LogP contribution >= 0.6 is 11.6 Å². The number of hydrogen-bond acceptors (Lipinski definition) is 1. The van der Waals surface area contributed by atoms with Crippen molar-refractivity contribution < 1.29 is 4.79 Å². The van der Waals surface area contributed by atoms with Crippen LogP contribution in [0.2, 0.25) is 5.02 Å². The molecule has 24 heavy (non-hydrogen) atoms. The lowest BCUT2D eigenvalue weighted by molar-refractivity contribution is 0.100. The molecule has 0 saturated heterocycles. The normalized spacial score (nSPS) is 11.1. The van der Waals surface area contributed by atoms with Crippen LogP contribution in [-0.4, -0.2) is 10.5 Å². The van der Waals surface area contributed by atoms with E-state index in [1.165, 1.54) is 16.6 Å². The molecule has 0 aliphatic rings. The summed E-state index contributed by atoms with van der Waals surface area (Å²) in [6.45, 7) is 5.00. The van der Waals surface area contributed by atoms with Gasteiger partial charge in [-0.3, -0.25) is 4.79 Å². The molecule has 0 bridgehead atoms. The zero-order valence-electron chi connectivity index (χ0n) is 14.0. The molecular weight excluding hydrogens is 320 g/mol. The molecule has 0 atom stereocenters. The molecular formula is C20H21ClN2O. The van der Waals surface area contributed by atoms with Gasteiger partial charge in [-0.05, 0) is 42.2 Å². The summed E-state index contributed by atoms with van der Waals surface area (Å²) in [4.78, 5) is 11.6. The van der Waals surface area contributed by atoms with Gasteiger partial charge in [-0.2, -0.15) is 0 Å². The summed E-state index contributed by atoms with van der Waals surface area (Å²) in [5.41, 5.74) is 10.7. The molecule has 0 saturated carbocycles. The van der Waals surface area contributed by atoms with Crippen LogP contribution in [0.1, 0.15) is 41.0 Å². The van der Waals surface area contributed by atoms with Crippen molar-refractivity contribution in [3.8, 4) is 0 Å². The van der Waals surface area contributed by atoms with E-state index in [1.807, 2.05) is 42.5 Å². The van der Waals surface area contributed by atoms with Gasteiger partial charge < -0.3 is 10.3 Å². The molecule has 0 unspecified atom stereocenters. The maximum Gasteiger partial charge on any atom is 0.248 e. The first kappa shape index (κ1) is 16.6. The summed E-state index contributed by atoms with van der Waals surface area (Å²) in [6, 6.07) is 13.6. The van der Waals surface area contributed by atoms with Crippen molar-refractivity contribution in [3.63, 3.8) is 0 Å². The Kier molecular flexibility index (Phi) is 4.63. The third kappa shape index (κ3) is 2.80. The zero-order chi connectivity index (χ0) is 17.3. The molecule has 0 radical (unpaired) electrons. The van der Waals surface area contributed by atoms with Crippen LogP contribution in [0.3, 0.4) is 0 Å².